The van der Waals surface area contributed by atoms with Crippen molar-refractivity contribution in [2.75, 3.05) is 41.0 Å². The van der Waals surface area contributed by atoms with Crippen LogP contribution in [0.25, 0.3) is 0 Å². The average molecular weight is 505 g/mol. The first-order chi connectivity index (χ1) is 18.0. The zero-order chi connectivity index (χ0) is 26.4. The van der Waals surface area contributed by atoms with E-state index in [9.17, 15) is 9.59 Å². The quantitative estimate of drug-likeness (QED) is 0.422. The number of hydrogen-bond acceptors (Lipinski definition) is 6. The summed E-state index contributed by atoms with van der Waals surface area (Å²) < 4.78 is 18.0. The number of rotatable bonds is 10. The Morgan fingerprint density at radius 3 is 2.41 bits per heavy atom. The first-order valence-corrected chi connectivity index (χ1v) is 12.0. The summed E-state index contributed by atoms with van der Waals surface area (Å²) in [4.78, 5) is 28.6. The third-order valence-electron chi connectivity index (χ3n) is 6.42. The lowest BCUT2D eigenvalue weighted by atomic mass is 9.99. The first kappa shape index (κ1) is 26.0. The Labute approximate surface area is 216 Å². The van der Waals surface area contributed by atoms with Crippen molar-refractivity contribution in [1.82, 2.24) is 14.5 Å². The summed E-state index contributed by atoms with van der Waals surface area (Å²) in [6, 6.07) is 18.0. The van der Waals surface area contributed by atoms with Crippen molar-refractivity contribution < 1.29 is 23.8 Å². The second-order valence-corrected chi connectivity index (χ2v) is 8.70. The highest BCUT2D eigenvalue weighted by Crippen LogP contribution is 2.37. The van der Waals surface area contributed by atoms with Gasteiger partial charge in [0.15, 0.2) is 0 Å². The summed E-state index contributed by atoms with van der Waals surface area (Å²) in [6.07, 6.45) is 2.47. The minimum absolute atomic E-state index is 0.149. The van der Waals surface area contributed by atoms with Crippen LogP contribution in [0.5, 0.6) is 11.5 Å². The summed E-state index contributed by atoms with van der Waals surface area (Å²) in [6.45, 7) is 0.404. The van der Waals surface area contributed by atoms with Gasteiger partial charge in [-0.3, -0.25) is 9.59 Å². The molecule has 0 saturated heterocycles. The van der Waals surface area contributed by atoms with Gasteiger partial charge in [-0.2, -0.15) is 5.10 Å². The highest BCUT2D eigenvalue weighted by atomic mass is 16.5. The lowest BCUT2D eigenvalue weighted by Gasteiger charge is -2.27. The number of para-hydroxylation sites is 1. The summed E-state index contributed by atoms with van der Waals surface area (Å²) in [5, 5.41) is 6.24. The number of ether oxygens (including phenoxy) is 3. The molecule has 1 aliphatic heterocycles. The molecule has 0 bridgehead atoms. The van der Waals surface area contributed by atoms with Crippen LogP contribution in [0.4, 0.5) is 0 Å². The molecule has 1 aromatic heterocycles. The molecule has 1 unspecified atom stereocenters. The van der Waals surface area contributed by atoms with Gasteiger partial charge in [0.1, 0.15) is 18.0 Å². The molecule has 0 N–H and O–H groups in total. The van der Waals surface area contributed by atoms with Gasteiger partial charge in [-0.1, -0.05) is 18.2 Å². The molecule has 0 aliphatic carbocycles. The maximum absolute atomic E-state index is 13.8. The van der Waals surface area contributed by atoms with E-state index in [4.69, 9.17) is 19.3 Å². The van der Waals surface area contributed by atoms with Gasteiger partial charge in [-0.05, 0) is 42.5 Å². The van der Waals surface area contributed by atoms with E-state index in [0.717, 1.165) is 17.0 Å². The molecule has 4 rings (SSSR count). The normalized spacial score (nSPS) is 14.9. The Kier molecular flexibility index (Phi) is 8.25. The van der Waals surface area contributed by atoms with Gasteiger partial charge in [0.05, 0.1) is 38.3 Å². The molecule has 0 fully saturated rings. The molecule has 0 spiro atoms. The second kappa shape index (κ2) is 11.7. The second-order valence-electron chi connectivity index (χ2n) is 8.70. The molecule has 9 heteroatoms. The van der Waals surface area contributed by atoms with E-state index in [0.29, 0.717) is 30.1 Å². The standard InChI is InChI=1S/C28H32N4O5/c1-30-15-7-9-24(30)23-18-25(22-8-5-6-10-26(22)37-4)32(29-23)27(33)19-31(16-17-35-2)28(34)20-11-13-21(36-3)14-12-20/h5-15,25H,16-19H2,1-4H3. The number of hydrogen-bond donors (Lipinski definition) is 0. The lowest BCUT2D eigenvalue weighted by molar-refractivity contribution is -0.133. The van der Waals surface area contributed by atoms with Crippen LogP contribution in [0.3, 0.4) is 0 Å². The topological polar surface area (TPSA) is 85.6 Å². The minimum atomic E-state index is -0.367. The van der Waals surface area contributed by atoms with E-state index < -0.39 is 0 Å². The third-order valence-corrected chi connectivity index (χ3v) is 6.42. The number of carbonyl (C=O) groups excluding carboxylic acids is 2. The Morgan fingerprint density at radius 2 is 1.76 bits per heavy atom. The molecule has 3 aromatic rings. The van der Waals surface area contributed by atoms with Crippen molar-refractivity contribution >= 4 is 17.5 Å². The smallest absolute Gasteiger partial charge is 0.262 e. The van der Waals surface area contributed by atoms with Crippen molar-refractivity contribution in [3.05, 3.63) is 83.7 Å². The maximum atomic E-state index is 13.8. The van der Waals surface area contributed by atoms with Crippen molar-refractivity contribution in [2.24, 2.45) is 12.1 Å². The monoisotopic (exact) mass is 504 g/mol. The molecule has 0 radical (unpaired) electrons. The van der Waals surface area contributed by atoms with Crippen LogP contribution in [0.15, 0.2) is 72.0 Å². The molecule has 194 valence electrons. The number of hydrazone groups is 1. The summed E-state index contributed by atoms with van der Waals surface area (Å²) >= 11 is 0. The van der Waals surface area contributed by atoms with E-state index in [2.05, 4.69) is 0 Å². The van der Waals surface area contributed by atoms with Crippen molar-refractivity contribution in [3.8, 4) is 11.5 Å². The van der Waals surface area contributed by atoms with E-state index in [1.807, 2.05) is 54.2 Å². The Morgan fingerprint density at radius 1 is 1.00 bits per heavy atom. The van der Waals surface area contributed by atoms with Gasteiger partial charge >= 0.3 is 0 Å². The Bertz CT molecular complexity index is 1270. The van der Waals surface area contributed by atoms with E-state index in [-0.39, 0.29) is 30.9 Å². The molecular weight excluding hydrogens is 472 g/mol. The van der Waals surface area contributed by atoms with Gasteiger partial charge in [0, 0.05) is 44.4 Å². The molecule has 37 heavy (non-hydrogen) atoms. The van der Waals surface area contributed by atoms with E-state index in [1.54, 1.807) is 45.6 Å². The molecule has 1 aliphatic rings. The predicted octanol–water partition coefficient (Wildman–Crippen LogP) is 3.51. The largest absolute Gasteiger partial charge is 0.497 e. The average Bonchev–Trinajstić information content (AvgIpc) is 3.56. The SMILES string of the molecule is COCCN(CC(=O)N1N=C(c2cccn2C)CC1c1ccccc1OC)C(=O)c1ccc(OC)cc1. The van der Waals surface area contributed by atoms with Crippen LogP contribution in [0.2, 0.25) is 0 Å². The fourth-order valence-electron chi connectivity index (χ4n) is 4.45. The van der Waals surface area contributed by atoms with Crippen LogP contribution in [0.1, 0.15) is 34.1 Å². The molecule has 2 heterocycles. The molecule has 2 aromatic carbocycles. The van der Waals surface area contributed by atoms with Crippen LogP contribution in [-0.4, -0.2) is 73.0 Å². The zero-order valence-corrected chi connectivity index (χ0v) is 21.6. The Balaban J connectivity index is 1.64. The predicted molar refractivity (Wildman–Crippen MR) is 140 cm³/mol. The lowest BCUT2D eigenvalue weighted by Crippen LogP contribution is -2.42. The highest BCUT2D eigenvalue weighted by Gasteiger charge is 2.36. The third kappa shape index (κ3) is 5.67. The van der Waals surface area contributed by atoms with E-state index >= 15 is 0 Å². The zero-order valence-electron chi connectivity index (χ0n) is 21.6. The van der Waals surface area contributed by atoms with Crippen LogP contribution >= 0.6 is 0 Å². The molecule has 9 nitrogen and oxygen atoms in total. The number of benzene rings is 2. The number of aromatic nitrogens is 1. The number of amides is 2. The Hall–Kier alpha value is -4.11. The van der Waals surface area contributed by atoms with Crippen molar-refractivity contribution in [2.45, 2.75) is 12.5 Å². The van der Waals surface area contributed by atoms with Gasteiger partial charge in [-0.15, -0.1) is 0 Å². The summed E-state index contributed by atoms with van der Waals surface area (Å²) in [7, 11) is 6.69. The molecular formula is C28H32N4O5. The maximum Gasteiger partial charge on any atom is 0.262 e. The summed E-state index contributed by atoms with van der Waals surface area (Å²) in [5.41, 5.74) is 3.04. The van der Waals surface area contributed by atoms with E-state index in [1.165, 1.54) is 9.91 Å². The number of nitrogens with zero attached hydrogens (tertiary/aromatic N) is 4. The van der Waals surface area contributed by atoms with Gasteiger partial charge in [-0.25, -0.2) is 5.01 Å². The number of carbonyl (C=O) groups is 2. The van der Waals surface area contributed by atoms with Crippen LogP contribution in [-0.2, 0) is 16.6 Å². The van der Waals surface area contributed by atoms with Gasteiger partial charge in [0.25, 0.3) is 11.8 Å². The summed E-state index contributed by atoms with van der Waals surface area (Å²) in [5.74, 6) is 0.764. The van der Waals surface area contributed by atoms with Crippen molar-refractivity contribution in [1.29, 1.82) is 0 Å². The minimum Gasteiger partial charge on any atom is -0.497 e. The van der Waals surface area contributed by atoms with Gasteiger partial charge < -0.3 is 23.7 Å². The van der Waals surface area contributed by atoms with Crippen molar-refractivity contribution in [3.63, 3.8) is 0 Å². The molecule has 2 amide bonds. The van der Waals surface area contributed by atoms with Crippen LogP contribution < -0.4 is 9.47 Å². The highest BCUT2D eigenvalue weighted by molar-refractivity contribution is 6.03. The molecule has 1 atom stereocenters. The first-order valence-electron chi connectivity index (χ1n) is 12.0. The molecule has 0 saturated carbocycles. The van der Waals surface area contributed by atoms with Gasteiger partial charge in [0.2, 0.25) is 0 Å². The fourth-order valence-corrected chi connectivity index (χ4v) is 4.45. The number of aryl methyl sites for hydroxylation is 1. The fraction of sp³-hybridized carbons (Fsp3) is 0.321. The number of methoxy groups -OCH3 is 3. The van der Waals surface area contributed by atoms with Crippen LogP contribution in [0, 0.1) is 0 Å².